The number of aliphatic imine (C=N–C) groups is 1. The molecule has 8 nitrogen and oxygen atoms in total. The number of aryl methyl sites for hydroxylation is 1. The second-order valence-electron chi connectivity index (χ2n) is 5.91. The Morgan fingerprint density at radius 3 is 2.33 bits per heavy atom. The number of phenols is 1. The lowest BCUT2D eigenvalue weighted by molar-refractivity contribution is -0.117. The summed E-state index contributed by atoms with van der Waals surface area (Å²) in [4.78, 5) is 27.1. The van der Waals surface area contributed by atoms with Gasteiger partial charge in [0.1, 0.15) is 5.75 Å². The third-order valence-electron chi connectivity index (χ3n) is 3.56. The van der Waals surface area contributed by atoms with E-state index in [4.69, 9.17) is 5.73 Å². The zero-order chi connectivity index (χ0) is 19.6. The number of primary amides is 1. The van der Waals surface area contributed by atoms with Crippen LogP contribution in [0.1, 0.15) is 17.5 Å². The lowest BCUT2D eigenvalue weighted by Crippen LogP contribution is -2.46. The monoisotopic (exact) mass is 369 g/mol. The highest BCUT2D eigenvalue weighted by Gasteiger charge is 2.07. The number of benzene rings is 2. The van der Waals surface area contributed by atoms with Crippen molar-refractivity contribution in [2.24, 2.45) is 10.7 Å². The number of carbonyl (C=O) groups is 2. The number of hydrogen-bond donors (Lipinski definition) is 5. The molecule has 3 amide bonds. The van der Waals surface area contributed by atoms with Gasteiger partial charge in [-0.3, -0.25) is 10.1 Å². The van der Waals surface area contributed by atoms with E-state index in [-0.39, 0.29) is 24.7 Å². The van der Waals surface area contributed by atoms with Gasteiger partial charge in [-0.2, -0.15) is 0 Å². The standard InChI is InChI=1S/C19H23N5O3/c1-13-2-4-14(5-3-13)12-22-18(23-15-6-8-16(25)9-7-15)24-19(27)21-11-10-17(20)26/h2-9,25H,10-12H2,1H3,(H2,20,26)(H3,21,22,23,24,27). The number of aromatic hydroxyl groups is 1. The molecule has 0 aliphatic carbocycles. The van der Waals surface area contributed by atoms with Crippen molar-refractivity contribution < 1.29 is 14.7 Å². The van der Waals surface area contributed by atoms with Crippen LogP contribution in [0.15, 0.2) is 53.5 Å². The molecule has 0 aliphatic heterocycles. The predicted octanol–water partition coefficient (Wildman–Crippen LogP) is 1.65. The minimum absolute atomic E-state index is 0.0503. The summed E-state index contributed by atoms with van der Waals surface area (Å²) < 4.78 is 0. The number of amides is 3. The van der Waals surface area contributed by atoms with E-state index in [0.717, 1.165) is 11.1 Å². The maximum atomic E-state index is 12.0. The van der Waals surface area contributed by atoms with Gasteiger partial charge in [-0.25, -0.2) is 9.79 Å². The van der Waals surface area contributed by atoms with Crippen molar-refractivity contribution in [3.05, 3.63) is 59.7 Å². The Hall–Kier alpha value is -3.55. The normalized spacial score (nSPS) is 10.9. The van der Waals surface area contributed by atoms with Crippen LogP contribution in [0.2, 0.25) is 0 Å². The quantitative estimate of drug-likeness (QED) is 0.392. The zero-order valence-electron chi connectivity index (χ0n) is 15.0. The van der Waals surface area contributed by atoms with E-state index in [1.54, 1.807) is 12.1 Å². The van der Waals surface area contributed by atoms with Gasteiger partial charge in [-0.05, 0) is 36.8 Å². The second kappa shape index (κ2) is 9.81. The first-order chi connectivity index (χ1) is 12.9. The van der Waals surface area contributed by atoms with Crippen LogP contribution in [0.5, 0.6) is 5.75 Å². The minimum atomic E-state index is -0.509. The average molecular weight is 369 g/mol. The number of nitrogens with two attached hydrogens (primary N) is 1. The Labute approximate surface area is 157 Å². The third-order valence-corrected chi connectivity index (χ3v) is 3.56. The van der Waals surface area contributed by atoms with Gasteiger partial charge >= 0.3 is 6.03 Å². The SMILES string of the molecule is Cc1ccc(CN/C(=N/c2ccc(O)cc2)NC(=O)NCCC(N)=O)cc1. The highest BCUT2D eigenvalue weighted by Crippen LogP contribution is 2.16. The van der Waals surface area contributed by atoms with Gasteiger partial charge in [0.05, 0.1) is 5.69 Å². The molecule has 2 rings (SSSR count). The lowest BCUT2D eigenvalue weighted by atomic mass is 10.1. The predicted molar refractivity (Wildman–Crippen MR) is 104 cm³/mol. The highest BCUT2D eigenvalue weighted by molar-refractivity contribution is 5.97. The van der Waals surface area contributed by atoms with E-state index < -0.39 is 11.9 Å². The molecule has 0 aliphatic rings. The van der Waals surface area contributed by atoms with Gasteiger partial charge in [-0.15, -0.1) is 0 Å². The molecule has 0 fully saturated rings. The van der Waals surface area contributed by atoms with E-state index in [9.17, 15) is 14.7 Å². The number of hydrogen-bond acceptors (Lipinski definition) is 4. The first kappa shape index (κ1) is 19.8. The molecule has 0 heterocycles. The number of carbonyl (C=O) groups excluding carboxylic acids is 2. The number of guanidine groups is 1. The smallest absolute Gasteiger partial charge is 0.321 e. The summed E-state index contributed by atoms with van der Waals surface area (Å²) in [6.45, 7) is 2.59. The summed E-state index contributed by atoms with van der Waals surface area (Å²) in [5, 5.41) is 17.6. The first-order valence-electron chi connectivity index (χ1n) is 8.42. The van der Waals surface area contributed by atoms with Crippen molar-refractivity contribution in [2.75, 3.05) is 6.54 Å². The van der Waals surface area contributed by atoms with E-state index in [2.05, 4.69) is 20.9 Å². The van der Waals surface area contributed by atoms with Gasteiger partial charge < -0.3 is 21.5 Å². The van der Waals surface area contributed by atoms with Crippen LogP contribution in [0, 0.1) is 6.92 Å². The molecular formula is C19H23N5O3. The number of nitrogens with one attached hydrogen (secondary N) is 3. The minimum Gasteiger partial charge on any atom is -0.508 e. The summed E-state index contributed by atoms with van der Waals surface area (Å²) in [7, 11) is 0. The van der Waals surface area contributed by atoms with Crippen LogP contribution in [-0.4, -0.2) is 29.5 Å². The molecule has 0 radical (unpaired) electrons. The second-order valence-corrected chi connectivity index (χ2v) is 5.91. The number of urea groups is 1. The van der Waals surface area contributed by atoms with Gasteiger partial charge in [0.25, 0.3) is 0 Å². The summed E-state index contributed by atoms with van der Waals surface area (Å²) in [5.41, 5.74) is 7.78. The topological polar surface area (TPSA) is 129 Å². The molecule has 0 bridgehead atoms. The third kappa shape index (κ3) is 7.47. The van der Waals surface area contributed by atoms with Crippen molar-refractivity contribution >= 4 is 23.6 Å². The first-order valence-corrected chi connectivity index (χ1v) is 8.42. The molecule has 0 saturated heterocycles. The average Bonchev–Trinajstić information content (AvgIpc) is 2.62. The van der Waals surface area contributed by atoms with Crippen molar-refractivity contribution in [2.45, 2.75) is 19.9 Å². The van der Waals surface area contributed by atoms with Crippen LogP contribution in [0.3, 0.4) is 0 Å². The molecule has 0 atom stereocenters. The van der Waals surface area contributed by atoms with E-state index >= 15 is 0 Å². The summed E-state index contributed by atoms with van der Waals surface area (Å²) in [6, 6.07) is 13.7. The molecule has 8 heteroatoms. The molecule has 0 saturated carbocycles. The summed E-state index contributed by atoms with van der Waals surface area (Å²) in [5.74, 6) is -0.135. The van der Waals surface area contributed by atoms with Gasteiger partial charge in [0, 0.05) is 19.5 Å². The van der Waals surface area contributed by atoms with E-state index in [1.165, 1.54) is 12.1 Å². The molecule has 27 heavy (non-hydrogen) atoms. The lowest BCUT2D eigenvalue weighted by Gasteiger charge is -2.12. The fourth-order valence-corrected chi connectivity index (χ4v) is 2.11. The van der Waals surface area contributed by atoms with Crippen molar-refractivity contribution in [3.8, 4) is 5.75 Å². The summed E-state index contributed by atoms with van der Waals surface area (Å²) >= 11 is 0. The van der Waals surface area contributed by atoms with Crippen LogP contribution >= 0.6 is 0 Å². The molecule has 0 spiro atoms. The van der Waals surface area contributed by atoms with Crippen molar-refractivity contribution in [1.82, 2.24) is 16.0 Å². The van der Waals surface area contributed by atoms with E-state index in [0.29, 0.717) is 12.2 Å². The Bertz CT molecular complexity index is 801. The van der Waals surface area contributed by atoms with Crippen molar-refractivity contribution in [3.63, 3.8) is 0 Å². The molecule has 2 aromatic rings. The van der Waals surface area contributed by atoms with Crippen LogP contribution in [0.4, 0.5) is 10.5 Å². The fraction of sp³-hybridized carbons (Fsp3) is 0.211. The Balaban J connectivity index is 2.05. The largest absolute Gasteiger partial charge is 0.508 e. The molecule has 0 aromatic heterocycles. The molecule has 2 aromatic carbocycles. The number of nitrogens with zero attached hydrogens (tertiary/aromatic N) is 1. The number of phenolic OH excluding ortho intramolecular Hbond substituents is 1. The molecule has 6 N–H and O–H groups in total. The van der Waals surface area contributed by atoms with Crippen molar-refractivity contribution in [1.29, 1.82) is 0 Å². The van der Waals surface area contributed by atoms with Gasteiger partial charge in [0.2, 0.25) is 11.9 Å². The van der Waals surface area contributed by atoms with Gasteiger partial charge in [-0.1, -0.05) is 29.8 Å². The molecule has 142 valence electrons. The zero-order valence-corrected chi connectivity index (χ0v) is 15.0. The number of rotatable bonds is 6. The van der Waals surface area contributed by atoms with Gasteiger partial charge in [0.15, 0.2) is 0 Å². The van der Waals surface area contributed by atoms with Crippen LogP contribution in [0.25, 0.3) is 0 Å². The molecule has 0 unspecified atom stereocenters. The molecular weight excluding hydrogens is 346 g/mol. The maximum Gasteiger partial charge on any atom is 0.321 e. The Kier molecular flexibility index (Phi) is 7.18. The Morgan fingerprint density at radius 2 is 1.70 bits per heavy atom. The fourth-order valence-electron chi connectivity index (χ4n) is 2.11. The van der Waals surface area contributed by atoms with Crippen LogP contribution in [-0.2, 0) is 11.3 Å². The summed E-state index contributed by atoms with van der Waals surface area (Å²) in [6.07, 6.45) is 0.0503. The Morgan fingerprint density at radius 1 is 1.04 bits per heavy atom. The highest BCUT2D eigenvalue weighted by atomic mass is 16.3. The van der Waals surface area contributed by atoms with Crippen LogP contribution < -0.4 is 21.7 Å². The van der Waals surface area contributed by atoms with E-state index in [1.807, 2.05) is 31.2 Å². The maximum absolute atomic E-state index is 12.0.